The second-order valence-electron chi connectivity index (χ2n) is 5.17. The van der Waals surface area contributed by atoms with Gasteiger partial charge in [-0.05, 0) is 25.1 Å². The highest BCUT2D eigenvalue weighted by Crippen LogP contribution is 2.33. The quantitative estimate of drug-likeness (QED) is 0.808. The average molecular weight is 338 g/mol. The summed E-state index contributed by atoms with van der Waals surface area (Å²) in [7, 11) is -1.98. The van der Waals surface area contributed by atoms with Crippen LogP contribution >= 0.6 is 0 Å². The number of carbonyl (C=O) groups is 2. The van der Waals surface area contributed by atoms with Crippen molar-refractivity contribution in [3.05, 3.63) is 30.9 Å². The zero-order chi connectivity index (χ0) is 17.2. The monoisotopic (exact) mass is 338 g/mol. The Kier molecular flexibility index (Phi) is 4.74. The first-order valence-electron chi connectivity index (χ1n) is 6.93. The molecule has 2 amide bonds. The Balaban J connectivity index is 2.20. The van der Waals surface area contributed by atoms with E-state index in [1.165, 1.54) is 17.9 Å². The molecular formula is C15H18N2O5S. The smallest absolute Gasteiger partial charge is 0.264 e. The van der Waals surface area contributed by atoms with Crippen molar-refractivity contribution in [1.29, 1.82) is 0 Å². The normalized spacial score (nSPS) is 15.4. The number of sulfone groups is 1. The fraction of sp³-hybridized carbons (Fsp3) is 0.333. The van der Waals surface area contributed by atoms with Crippen LogP contribution in [0.15, 0.2) is 30.9 Å². The fourth-order valence-corrected chi connectivity index (χ4v) is 3.07. The van der Waals surface area contributed by atoms with E-state index in [1.807, 2.05) is 0 Å². The summed E-state index contributed by atoms with van der Waals surface area (Å²) in [5, 5.41) is 1.34. The van der Waals surface area contributed by atoms with Crippen LogP contribution in [0.3, 0.4) is 0 Å². The van der Waals surface area contributed by atoms with Gasteiger partial charge in [-0.3, -0.25) is 9.59 Å². The lowest BCUT2D eigenvalue weighted by Gasteiger charge is -2.26. The molecule has 124 valence electrons. The molecule has 1 N–H and O–H groups in total. The van der Waals surface area contributed by atoms with E-state index in [1.54, 1.807) is 25.2 Å². The van der Waals surface area contributed by atoms with Gasteiger partial charge in [0.1, 0.15) is 11.0 Å². The fourth-order valence-electron chi connectivity index (χ4n) is 2.07. The van der Waals surface area contributed by atoms with Gasteiger partial charge in [-0.15, -0.1) is 6.58 Å². The van der Waals surface area contributed by atoms with Crippen molar-refractivity contribution in [2.45, 2.75) is 12.2 Å². The first-order chi connectivity index (χ1) is 10.8. The molecule has 0 saturated heterocycles. The van der Waals surface area contributed by atoms with E-state index in [0.717, 1.165) is 0 Å². The van der Waals surface area contributed by atoms with Crippen molar-refractivity contribution in [2.24, 2.45) is 0 Å². The van der Waals surface area contributed by atoms with Crippen molar-refractivity contribution >= 4 is 33.0 Å². The van der Waals surface area contributed by atoms with E-state index in [-0.39, 0.29) is 18.3 Å². The molecule has 1 aliphatic rings. The number of fused-ring (bicyclic) bond motifs is 1. The number of nitrogens with zero attached hydrogens (tertiary/aromatic N) is 1. The molecule has 8 heteroatoms. The summed E-state index contributed by atoms with van der Waals surface area (Å²) in [5.74, 6) is -0.588. The van der Waals surface area contributed by atoms with Gasteiger partial charge in [0, 0.05) is 12.7 Å². The summed E-state index contributed by atoms with van der Waals surface area (Å²) in [4.78, 5) is 25.2. The van der Waals surface area contributed by atoms with E-state index in [4.69, 9.17) is 4.74 Å². The number of anilines is 2. The number of nitrogens with one attached hydrogen (secondary N) is 1. The summed E-state index contributed by atoms with van der Waals surface area (Å²) in [5.41, 5.74) is 0.903. The molecule has 23 heavy (non-hydrogen) atoms. The highest BCUT2D eigenvalue weighted by Gasteiger charge is 2.27. The maximum Gasteiger partial charge on any atom is 0.264 e. The molecule has 1 atom stereocenters. The molecular weight excluding hydrogens is 320 g/mol. The third-order valence-electron chi connectivity index (χ3n) is 3.57. The van der Waals surface area contributed by atoms with E-state index >= 15 is 0 Å². The van der Waals surface area contributed by atoms with Crippen LogP contribution in [0.4, 0.5) is 11.4 Å². The molecule has 7 nitrogen and oxygen atoms in total. The van der Waals surface area contributed by atoms with Crippen LogP contribution in [0.1, 0.15) is 6.92 Å². The first kappa shape index (κ1) is 17.0. The number of amides is 2. The maximum absolute atomic E-state index is 12.1. The van der Waals surface area contributed by atoms with Gasteiger partial charge in [-0.2, -0.15) is 0 Å². The largest absolute Gasteiger partial charge is 0.482 e. The number of hydrogen-bond donors (Lipinski definition) is 1. The summed E-state index contributed by atoms with van der Waals surface area (Å²) in [6, 6.07) is 4.78. The molecule has 1 aromatic rings. The summed E-state index contributed by atoms with van der Waals surface area (Å²) in [6.45, 7) is 4.66. The minimum Gasteiger partial charge on any atom is -0.482 e. The van der Waals surface area contributed by atoms with Crippen molar-refractivity contribution in [3.8, 4) is 5.75 Å². The molecule has 1 unspecified atom stereocenters. The zero-order valence-electron chi connectivity index (χ0n) is 12.9. The maximum atomic E-state index is 12.1. The third-order valence-corrected chi connectivity index (χ3v) is 5.56. The molecule has 0 aliphatic carbocycles. The van der Waals surface area contributed by atoms with Crippen LogP contribution in [-0.4, -0.2) is 44.9 Å². The molecule has 0 spiro atoms. The Morgan fingerprint density at radius 3 is 2.87 bits per heavy atom. The van der Waals surface area contributed by atoms with E-state index in [0.29, 0.717) is 17.1 Å². The van der Waals surface area contributed by atoms with Crippen LogP contribution in [0, 0.1) is 0 Å². The van der Waals surface area contributed by atoms with E-state index < -0.39 is 21.0 Å². The SMILES string of the molecule is C=CCS(=O)(=O)C(C)C(=O)Nc1ccc2c(c1)N(C)C(=O)CO2. The Labute approximate surface area is 134 Å². The summed E-state index contributed by atoms with van der Waals surface area (Å²) >= 11 is 0. The molecule has 1 aromatic carbocycles. The summed E-state index contributed by atoms with van der Waals surface area (Å²) in [6.07, 6.45) is 1.25. The van der Waals surface area contributed by atoms with Crippen molar-refractivity contribution in [3.63, 3.8) is 0 Å². The van der Waals surface area contributed by atoms with Gasteiger partial charge in [-0.1, -0.05) is 6.08 Å². The predicted octanol–water partition coefficient (Wildman–Crippen LogP) is 0.970. The van der Waals surface area contributed by atoms with Crippen LogP contribution in [0.2, 0.25) is 0 Å². The molecule has 1 heterocycles. The van der Waals surface area contributed by atoms with Crippen LogP contribution in [0.25, 0.3) is 0 Å². The van der Waals surface area contributed by atoms with Crippen LogP contribution in [0.5, 0.6) is 5.75 Å². The van der Waals surface area contributed by atoms with Gasteiger partial charge in [0.05, 0.1) is 11.4 Å². The number of benzene rings is 1. The highest BCUT2D eigenvalue weighted by molar-refractivity contribution is 7.92. The molecule has 1 aliphatic heterocycles. The Morgan fingerprint density at radius 1 is 1.52 bits per heavy atom. The van der Waals surface area contributed by atoms with Gasteiger partial charge < -0.3 is 15.0 Å². The van der Waals surface area contributed by atoms with Crippen LogP contribution in [-0.2, 0) is 19.4 Å². The van der Waals surface area contributed by atoms with Crippen molar-refractivity contribution in [2.75, 3.05) is 29.6 Å². The van der Waals surface area contributed by atoms with Crippen LogP contribution < -0.4 is 15.0 Å². The van der Waals surface area contributed by atoms with Gasteiger partial charge >= 0.3 is 0 Å². The van der Waals surface area contributed by atoms with Gasteiger partial charge in [0.25, 0.3) is 5.91 Å². The second kappa shape index (κ2) is 6.41. The van der Waals surface area contributed by atoms with Crippen molar-refractivity contribution < 1.29 is 22.7 Å². The predicted molar refractivity (Wildman–Crippen MR) is 87.4 cm³/mol. The molecule has 0 bridgehead atoms. The molecule has 2 rings (SSSR count). The Hall–Kier alpha value is -2.35. The lowest BCUT2D eigenvalue weighted by Crippen LogP contribution is -2.36. The zero-order valence-corrected chi connectivity index (χ0v) is 13.7. The molecule has 0 saturated carbocycles. The average Bonchev–Trinajstić information content (AvgIpc) is 2.50. The van der Waals surface area contributed by atoms with E-state index in [2.05, 4.69) is 11.9 Å². The lowest BCUT2D eigenvalue weighted by molar-refractivity contribution is -0.121. The Morgan fingerprint density at radius 2 is 2.22 bits per heavy atom. The first-order valence-corrected chi connectivity index (χ1v) is 8.64. The third kappa shape index (κ3) is 3.53. The second-order valence-corrected chi connectivity index (χ2v) is 7.54. The van der Waals surface area contributed by atoms with Crippen molar-refractivity contribution in [1.82, 2.24) is 0 Å². The number of rotatable bonds is 5. The number of ether oxygens (including phenoxy) is 1. The summed E-state index contributed by atoms with van der Waals surface area (Å²) < 4.78 is 29.1. The van der Waals surface area contributed by atoms with Gasteiger partial charge in [-0.25, -0.2) is 8.42 Å². The van der Waals surface area contributed by atoms with Gasteiger partial charge in [0.2, 0.25) is 5.91 Å². The minimum absolute atomic E-state index is 0.0357. The number of carbonyl (C=O) groups excluding carboxylic acids is 2. The number of hydrogen-bond acceptors (Lipinski definition) is 5. The molecule has 0 radical (unpaired) electrons. The topological polar surface area (TPSA) is 92.8 Å². The van der Waals surface area contributed by atoms with E-state index in [9.17, 15) is 18.0 Å². The number of likely N-dealkylation sites (N-methyl/N-ethyl adjacent to an activating group) is 1. The minimum atomic E-state index is -3.59. The lowest BCUT2D eigenvalue weighted by atomic mass is 10.2. The highest BCUT2D eigenvalue weighted by atomic mass is 32.2. The Bertz CT molecular complexity index is 757. The molecule has 0 fully saturated rings. The molecule has 0 aromatic heterocycles. The van der Waals surface area contributed by atoms with Gasteiger partial charge in [0.15, 0.2) is 16.4 Å². The standard InChI is InChI=1S/C15H18N2O5S/c1-4-7-23(20,21)10(2)15(19)16-11-5-6-13-12(8-11)17(3)14(18)9-22-13/h4-6,8,10H,1,7,9H2,2-3H3,(H,16,19).